The van der Waals surface area contributed by atoms with Crippen LogP contribution in [0.3, 0.4) is 0 Å². The molecule has 0 rings (SSSR count). The molecular formula is C18H42GeO2Si3. The molecule has 0 spiro atoms. The Hall–Kier alpha value is 0.404. The standard InChI is InChI=1S/C12H24GeO2Si.2C3H9Si/c1-10(15-16(5,6)7)8-9-13-11(14)12(2,3)4;2*1-4(2)3/h8H,9H2,1-7H3;2*1-3H3/b10-8-;;. The molecule has 0 heterocycles. The fourth-order valence-corrected chi connectivity index (χ4v) is 4.45. The number of hydrogen-bond acceptors (Lipinski definition) is 2. The van der Waals surface area contributed by atoms with Crippen LogP contribution in [-0.4, -0.2) is 46.0 Å². The van der Waals surface area contributed by atoms with Crippen LogP contribution in [0.5, 0.6) is 0 Å². The summed E-state index contributed by atoms with van der Waals surface area (Å²) in [6, 6.07) is 0. The van der Waals surface area contributed by atoms with E-state index in [0.29, 0.717) is 4.62 Å². The van der Waals surface area contributed by atoms with E-state index in [1.165, 1.54) is 0 Å². The van der Waals surface area contributed by atoms with E-state index in [2.05, 4.69) is 65.0 Å². The molecule has 24 heavy (non-hydrogen) atoms. The van der Waals surface area contributed by atoms with Gasteiger partial charge in [0.15, 0.2) is 0 Å². The molecule has 6 heteroatoms. The van der Waals surface area contributed by atoms with Crippen molar-refractivity contribution in [2.24, 2.45) is 5.41 Å². The predicted molar refractivity (Wildman–Crippen MR) is 120 cm³/mol. The van der Waals surface area contributed by atoms with Crippen LogP contribution in [0.25, 0.3) is 0 Å². The molecule has 0 N–H and O–H groups in total. The van der Waals surface area contributed by atoms with E-state index in [9.17, 15) is 4.79 Å². The van der Waals surface area contributed by atoms with Crippen molar-refractivity contribution in [3.05, 3.63) is 11.8 Å². The van der Waals surface area contributed by atoms with Crippen molar-refractivity contribution in [1.82, 2.24) is 0 Å². The topological polar surface area (TPSA) is 26.3 Å². The second kappa shape index (κ2) is 14.6. The van der Waals surface area contributed by atoms with Crippen molar-refractivity contribution >= 4 is 46.0 Å². The first-order chi connectivity index (χ1) is 10.5. The fraction of sp³-hybridized carbons (Fsp3) is 0.833. The average molecular weight is 447 g/mol. The van der Waals surface area contributed by atoms with Gasteiger partial charge in [-0.1, -0.05) is 39.3 Å². The molecule has 0 aromatic rings. The summed E-state index contributed by atoms with van der Waals surface area (Å²) in [5.41, 5.74) is -0.165. The monoisotopic (exact) mass is 448 g/mol. The first-order valence-corrected chi connectivity index (χ1v) is 20.6. The summed E-state index contributed by atoms with van der Waals surface area (Å²) in [4.78, 5) is 11.7. The zero-order chi connectivity index (χ0) is 20.1. The van der Waals surface area contributed by atoms with Crippen LogP contribution < -0.4 is 0 Å². The predicted octanol–water partition coefficient (Wildman–Crippen LogP) is 6.18. The Morgan fingerprint density at radius 3 is 1.58 bits per heavy atom. The Bertz CT molecular complexity index is 343. The largest absolute Gasteiger partial charge is 0.0715 e. The van der Waals surface area contributed by atoms with Gasteiger partial charge >= 0.3 is 107 Å². The molecule has 2 nitrogen and oxygen atoms in total. The van der Waals surface area contributed by atoms with Gasteiger partial charge < -0.3 is 0 Å². The van der Waals surface area contributed by atoms with Crippen molar-refractivity contribution in [3.63, 3.8) is 0 Å². The molecule has 0 fully saturated rings. The summed E-state index contributed by atoms with van der Waals surface area (Å²) in [5, 5.41) is 0.909. The van der Waals surface area contributed by atoms with Gasteiger partial charge in [0, 0.05) is 17.6 Å². The van der Waals surface area contributed by atoms with Crippen LogP contribution in [0, 0.1) is 5.41 Å². The summed E-state index contributed by atoms with van der Waals surface area (Å²) in [5.74, 6) is 0.990. The Balaban J connectivity index is -0.000000457. The third-order valence-corrected chi connectivity index (χ3v) is 5.84. The minimum Gasteiger partial charge on any atom is -0.0715 e. The Kier molecular flexibility index (Phi) is 17.7. The van der Waals surface area contributed by atoms with E-state index >= 15 is 0 Å². The molecule has 0 bridgehead atoms. The second-order valence-electron chi connectivity index (χ2n) is 8.99. The van der Waals surface area contributed by atoms with Crippen LogP contribution >= 0.6 is 0 Å². The quantitative estimate of drug-likeness (QED) is 0.372. The van der Waals surface area contributed by atoms with Crippen molar-refractivity contribution in [3.8, 4) is 0 Å². The molecule has 0 aliphatic rings. The molecule has 0 aromatic heterocycles. The van der Waals surface area contributed by atoms with E-state index in [0.717, 1.165) is 11.0 Å². The van der Waals surface area contributed by atoms with Crippen molar-refractivity contribution in [2.75, 3.05) is 0 Å². The fourth-order valence-electron chi connectivity index (χ4n) is 1.08. The van der Waals surface area contributed by atoms with Crippen LogP contribution in [0.4, 0.5) is 0 Å². The molecule has 0 atom stereocenters. The zero-order valence-corrected chi connectivity index (χ0v) is 23.7. The van der Waals surface area contributed by atoms with Crippen LogP contribution in [0.15, 0.2) is 11.8 Å². The number of hydrogen-bond donors (Lipinski definition) is 0. The molecule has 0 saturated carbocycles. The SMILES string of the molecule is C/C(=C/[CH2][Ge][C](=O)C(C)(C)C)O[Si](C)(C)C.C[Si](C)C.C[Si](C)C. The molecule has 142 valence electrons. The summed E-state index contributed by atoms with van der Waals surface area (Å²) >= 11 is -0.519. The van der Waals surface area contributed by atoms with E-state index in [1.807, 2.05) is 27.7 Å². The summed E-state index contributed by atoms with van der Waals surface area (Å²) in [6.45, 7) is 28.1. The molecule has 0 amide bonds. The summed E-state index contributed by atoms with van der Waals surface area (Å²) in [7, 11) is -1.23. The summed E-state index contributed by atoms with van der Waals surface area (Å²) < 4.78 is 6.25. The van der Waals surface area contributed by atoms with Gasteiger partial charge in [0.25, 0.3) is 0 Å². The van der Waals surface area contributed by atoms with Gasteiger partial charge in [-0.05, 0) is 0 Å². The van der Waals surface area contributed by atoms with Crippen molar-refractivity contribution in [1.29, 1.82) is 0 Å². The smallest absolute Gasteiger partial charge is 0.0379 e. The van der Waals surface area contributed by atoms with Crippen LogP contribution in [0.1, 0.15) is 27.7 Å². The third kappa shape index (κ3) is 33.9. The maximum Gasteiger partial charge on any atom is 0.0379 e. The van der Waals surface area contributed by atoms with Crippen molar-refractivity contribution < 1.29 is 9.22 Å². The normalized spacial score (nSPS) is 12.2. The Morgan fingerprint density at radius 2 is 1.33 bits per heavy atom. The number of carbonyl (C=O) groups is 1. The molecule has 0 unspecified atom stereocenters. The first kappa shape index (κ1) is 29.2. The van der Waals surface area contributed by atoms with Gasteiger partial charge in [-0.2, -0.15) is 0 Å². The molecule has 0 aliphatic heterocycles. The second-order valence-corrected chi connectivity index (χ2v) is 22.0. The molecule has 0 aliphatic carbocycles. The van der Waals surface area contributed by atoms with Gasteiger partial charge in [0.1, 0.15) is 0 Å². The number of allylic oxidation sites excluding steroid dienone is 2. The first-order valence-electron chi connectivity index (χ1n) is 8.66. The van der Waals surface area contributed by atoms with Gasteiger partial charge in [-0.3, -0.25) is 0 Å². The van der Waals surface area contributed by atoms with Gasteiger partial charge in [0.05, 0.1) is 0 Å². The average Bonchev–Trinajstić information content (AvgIpc) is 2.22. The third-order valence-electron chi connectivity index (χ3n) is 1.80. The van der Waals surface area contributed by atoms with E-state index in [-0.39, 0.29) is 23.0 Å². The maximum absolute atomic E-state index is 11.7. The van der Waals surface area contributed by atoms with E-state index < -0.39 is 23.7 Å². The van der Waals surface area contributed by atoms with E-state index in [4.69, 9.17) is 4.43 Å². The van der Waals surface area contributed by atoms with Gasteiger partial charge in [-0.15, -0.1) is 0 Å². The van der Waals surface area contributed by atoms with Gasteiger partial charge in [0.2, 0.25) is 0 Å². The zero-order valence-electron chi connectivity index (χ0n) is 18.6. The van der Waals surface area contributed by atoms with Gasteiger partial charge in [-0.25, -0.2) is 0 Å². The van der Waals surface area contributed by atoms with Crippen LogP contribution in [0.2, 0.25) is 64.2 Å². The van der Waals surface area contributed by atoms with Crippen molar-refractivity contribution in [2.45, 2.75) is 91.9 Å². The number of rotatable bonds is 5. The minimum absolute atomic E-state index is 0.120. The number of carbonyl (C=O) groups excluding carboxylic acids is 1. The molecule has 0 aromatic carbocycles. The maximum atomic E-state index is 11.7. The molecular weight excluding hydrogens is 405 g/mol. The summed E-state index contributed by atoms with van der Waals surface area (Å²) in [6.07, 6.45) is 2.09. The Morgan fingerprint density at radius 1 is 1.00 bits per heavy atom. The molecule has 0 saturated heterocycles. The minimum atomic E-state index is -1.47. The van der Waals surface area contributed by atoms with Crippen LogP contribution in [-0.2, 0) is 9.22 Å². The van der Waals surface area contributed by atoms with E-state index in [1.54, 1.807) is 0 Å². The molecule has 4 radical (unpaired) electrons. The Labute approximate surface area is 164 Å².